The summed E-state index contributed by atoms with van der Waals surface area (Å²) in [5.41, 5.74) is 2.46. The number of nitrogens with zero attached hydrogens (tertiary/aromatic N) is 2. The van der Waals surface area contributed by atoms with Crippen LogP contribution >= 0.6 is 0 Å². The van der Waals surface area contributed by atoms with Crippen molar-refractivity contribution >= 4 is 23.5 Å². The molecule has 0 amide bonds. The number of anilines is 1. The van der Waals surface area contributed by atoms with Gasteiger partial charge in [0.1, 0.15) is 11.6 Å². The van der Waals surface area contributed by atoms with Crippen molar-refractivity contribution in [2.75, 3.05) is 19.0 Å². The highest BCUT2D eigenvalue weighted by Crippen LogP contribution is 2.24. The lowest BCUT2D eigenvalue weighted by atomic mass is 9.99. The number of benzene rings is 3. The van der Waals surface area contributed by atoms with E-state index in [9.17, 15) is 14.9 Å². The molecule has 0 fully saturated rings. The maximum Gasteiger partial charge on any atom is 0.349 e. The molecule has 0 aromatic heterocycles. The fraction of sp³-hybridized carbons (Fsp3) is 0.115. The maximum absolute atomic E-state index is 13.1. The largest absolute Gasteiger partial charge is 0.445 e. The Morgan fingerprint density at radius 1 is 0.903 bits per heavy atom. The van der Waals surface area contributed by atoms with Crippen molar-refractivity contribution in [3.8, 4) is 6.07 Å². The summed E-state index contributed by atoms with van der Waals surface area (Å²) < 4.78 is 5.55. The smallest absolute Gasteiger partial charge is 0.349 e. The number of ether oxygens (including phenoxy) is 1. The molecule has 0 aliphatic rings. The summed E-state index contributed by atoms with van der Waals surface area (Å²) in [6.45, 7) is 0. The molecule has 1 unspecified atom stereocenters. The van der Waals surface area contributed by atoms with E-state index < -0.39 is 12.1 Å². The first-order chi connectivity index (χ1) is 15.0. The lowest BCUT2D eigenvalue weighted by Crippen LogP contribution is -2.21. The van der Waals surface area contributed by atoms with Gasteiger partial charge >= 0.3 is 5.97 Å². The second-order valence-corrected chi connectivity index (χ2v) is 7.08. The van der Waals surface area contributed by atoms with E-state index in [0.717, 1.165) is 5.69 Å². The van der Waals surface area contributed by atoms with Gasteiger partial charge in [-0.2, -0.15) is 5.26 Å². The molecule has 0 heterocycles. The number of ketones is 1. The molecule has 0 aliphatic heterocycles. The average molecular weight is 410 g/mol. The van der Waals surface area contributed by atoms with E-state index in [1.165, 1.54) is 6.08 Å². The Morgan fingerprint density at radius 2 is 1.48 bits per heavy atom. The molecule has 0 bridgehead atoms. The molecule has 1 atom stereocenters. The van der Waals surface area contributed by atoms with E-state index in [1.807, 2.05) is 55.4 Å². The molecule has 5 heteroatoms. The van der Waals surface area contributed by atoms with E-state index in [-0.39, 0.29) is 11.4 Å². The fourth-order valence-electron chi connectivity index (χ4n) is 3.00. The highest BCUT2D eigenvalue weighted by Gasteiger charge is 2.27. The Kier molecular flexibility index (Phi) is 6.97. The number of esters is 1. The zero-order valence-electron chi connectivity index (χ0n) is 17.4. The topological polar surface area (TPSA) is 70.4 Å². The minimum absolute atomic E-state index is 0.181. The molecule has 0 radical (unpaired) electrons. The van der Waals surface area contributed by atoms with E-state index in [2.05, 4.69) is 0 Å². The van der Waals surface area contributed by atoms with Crippen LogP contribution in [0.25, 0.3) is 6.08 Å². The standard InChI is InChI=1S/C26H22N2O3/c1-28(2)23-15-13-19(14-16-23)17-22(18-27)26(30)31-25(21-11-7-4-8-12-21)24(29)20-9-5-3-6-10-20/h3-17,25H,1-2H3/b22-17-. The number of carbonyl (C=O) groups is 2. The van der Waals surface area contributed by atoms with Gasteiger partial charge in [-0.25, -0.2) is 4.79 Å². The summed E-state index contributed by atoms with van der Waals surface area (Å²) in [5, 5.41) is 9.53. The Morgan fingerprint density at radius 3 is 2.03 bits per heavy atom. The molecule has 3 rings (SSSR count). The van der Waals surface area contributed by atoms with Crippen LogP contribution in [0.2, 0.25) is 0 Å². The van der Waals surface area contributed by atoms with Crippen LogP contribution in [-0.4, -0.2) is 25.8 Å². The maximum atomic E-state index is 13.1. The number of rotatable bonds is 7. The number of hydrogen-bond donors (Lipinski definition) is 0. The van der Waals surface area contributed by atoms with Crippen molar-refractivity contribution in [2.45, 2.75) is 6.10 Å². The van der Waals surface area contributed by atoms with E-state index in [0.29, 0.717) is 16.7 Å². The van der Waals surface area contributed by atoms with Gasteiger partial charge < -0.3 is 9.64 Å². The number of nitriles is 1. The van der Waals surface area contributed by atoms with Crippen LogP contribution in [0, 0.1) is 11.3 Å². The first-order valence-corrected chi connectivity index (χ1v) is 9.74. The zero-order chi connectivity index (χ0) is 22.2. The highest BCUT2D eigenvalue weighted by atomic mass is 16.5. The summed E-state index contributed by atoms with van der Waals surface area (Å²) in [5.74, 6) is -1.20. The minimum Gasteiger partial charge on any atom is -0.445 e. The molecule has 31 heavy (non-hydrogen) atoms. The number of carbonyl (C=O) groups excluding carboxylic acids is 2. The average Bonchev–Trinajstić information content (AvgIpc) is 2.81. The van der Waals surface area contributed by atoms with Gasteiger partial charge in [0.15, 0.2) is 6.10 Å². The van der Waals surface area contributed by atoms with Crippen LogP contribution in [0.15, 0.2) is 90.5 Å². The van der Waals surface area contributed by atoms with Crippen molar-refractivity contribution in [1.82, 2.24) is 0 Å². The van der Waals surface area contributed by atoms with Crippen molar-refractivity contribution < 1.29 is 14.3 Å². The monoisotopic (exact) mass is 410 g/mol. The third-order valence-corrected chi connectivity index (χ3v) is 4.68. The quantitative estimate of drug-likeness (QED) is 0.242. The van der Waals surface area contributed by atoms with Crippen LogP contribution in [0.4, 0.5) is 5.69 Å². The van der Waals surface area contributed by atoms with Gasteiger partial charge in [0, 0.05) is 30.9 Å². The molecular formula is C26H22N2O3. The van der Waals surface area contributed by atoms with Gasteiger partial charge in [-0.05, 0) is 23.8 Å². The molecule has 154 valence electrons. The van der Waals surface area contributed by atoms with Gasteiger partial charge in [-0.3, -0.25) is 4.79 Å². The molecule has 5 nitrogen and oxygen atoms in total. The van der Waals surface area contributed by atoms with Crippen LogP contribution in [0.1, 0.15) is 27.6 Å². The van der Waals surface area contributed by atoms with Crippen molar-refractivity contribution in [3.05, 3.63) is 107 Å². The van der Waals surface area contributed by atoms with E-state index in [1.54, 1.807) is 54.6 Å². The second-order valence-electron chi connectivity index (χ2n) is 7.08. The van der Waals surface area contributed by atoms with Crippen LogP contribution in [0.5, 0.6) is 0 Å². The number of hydrogen-bond acceptors (Lipinski definition) is 5. The van der Waals surface area contributed by atoms with Gasteiger partial charge in [-0.15, -0.1) is 0 Å². The minimum atomic E-state index is -1.15. The van der Waals surface area contributed by atoms with Gasteiger partial charge in [0.2, 0.25) is 5.78 Å². The Hall–Kier alpha value is -4.17. The van der Waals surface area contributed by atoms with Crippen LogP contribution in [-0.2, 0) is 9.53 Å². The van der Waals surface area contributed by atoms with Crippen molar-refractivity contribution in [2.24, 2.45) is 0 Å². The predicted molar refractivity (Wildman–Crippen MR) is 120 cm³/mol. The third kappa shape index (κ3) is 5.46. The predicted octanol–water partition coefficient (Wildman–Crippen LogP) is 4.83. The SMILES string of the molecule is CN(C)c1ccc(/C=C(/C#N)C(=O)OC(C(=O)c2ccccc2)c2ccccc2)cc1. The Labute approximate surface area is 181 Å². The normalized spacial score (nSPS) is 11.8. The Bertz CT molecular complexity index is 1110. The molecule has 0 saturated carbocycles. The molecule has 3 aromatic carbocycles. The van der Waals surface area contributed by atoms with E-state index in [4.69, 9.17) is 4.74 Å². The zero-order valence-corrected chi connectivity index (χ0v) is 17.4. The molecule has 0 N–H and O–H groups in total. The third-order valence-electron chi connectivity index (χ3n) is 4.68. The molecule has 0 spiro atoms. The first kappa shape index (κ1) is 21.5. The fourth-order valence-corrected chi connectivity index (χ4v) is 3.00. The van der Waals surface area contributed by atoms with E-state index >= 15 is 0 Å². The summed E-state index contributed by atoms with van der Waals surface area (Å²) in [7, 11) is 3.85. The van der Waals surface area contributed by atoms with Crippen molar-refractivity contribution in [1.29, 1.82) is 5.26 Å². The van der Waals surface area contributed by atoms with Crippen LogP contribution in [0.3, 0.4) is 0 Å². The summed E-state index contributed by atoms with van der Waals surface area (Å²) in [6.07, 6.45) is 0.306. The lowest BCUT2D eigenvalue weighted by Gasteiger charge is -2.17. The Balaban J connectivity index is 1.88. The molecular weight excluding hydrogens is 388 g/mol. The summed E-state index contributed by atoms with van der Waals surface area (Å²) >= 11 is 0. The second kappa shape index (κ2) is 10.0. The van der Waals surface area contributed by atoms with Gasteiger partial charge in [0.25, 0.3) is 0 Å². The first-order valence-electron chi connectivity index (χ1n) is 9.74. The summed E-state index contributed by atoms with van der Waals surface area (Å²) in [4.78, 5) is 27.8. The molecule has 0 saturated heterocycles. The van der Waals surface area contributed by atoms with Crippen LogP contribution < -0.4 is 4.90 Å². The molecule has 0 aliphatic carbocycles. The lowest BCUT2D eigenvalue weighted by molar-refractivity contribution is -0.142. The number of Topliss-reactive ketones (excluding diaryl/α,β-unsaturated/α-hetero) is 1. The highest BCUT2D eigenvalue weighted by molar-refractivity contribution is 6.04. The molecule has 3 aromatic rings. The summed E-state index contributed by atoms with van der Waals surface area (Å²) in [6, 6.07) is 26.7. The van der Waals surface area contributed by atoms with Crippen molar-refractivity contribution in [3.63, 3.8) is 0 Å². The van der Waals surface area contributed by atoms with Gasteiger partial charge in [0.05, 0.1) is 0 Å². The van der Waals surface area contributed by atoms with Gasteiger partial charge in [-0.1, -0.05) is 72.8 Å².